The van der Waals surface area contributed by atoms with Gasteiger partial charge >= 0.3 is 6.03 Å². The lowest BCUT2D eigenvalue weighted by Gasteiger charge is -2.25. The Hall–Kier alpha value is -3.51. The Bertz CT molecular complexity index is 1270. The highest BCUT2D eigenvalue weighted by Gasteiger charge is 2.45. The van der Waals surface area contributed by atoms with Crippen molar-refractivity contribution in [3.63, 3.8) is 0 Å². The first-order valence-corrected chi connectivity index (χ1v) is 12.7. The third kappa shape index (κ3) is 6.44. The number of anilines is 1. The Balaban J connectivity index is 1.57. The molecular weight excluding hydrogens is 592 g/mol. The summed E-state index contributed by atoms with van der Waals surface area (Å²) in [6, 6.07) is 17.4. The molecule has 4 rings (SSSR count). The molecule has 1 heterocycles. The quantitative estimate of drug-likeness (QED) is 0.235. The Labute approximate surface area is 227 Å². The molecule has 0 spiro atoms. The van der Waals surface area contributed by atoms with Crippen LogP contribution in [0.4, 0.5) is 14.9 Å². The van der Waals surface area contributed by atoms with Crippen molar-refractivity contribution < 1.29 is 28.6 Å². The van der Waals surface area contributed by atoms with Crippen LogP contribution < -0.4 is 15.4 Å². The van der Waals surface area contributed by atoms with Crippen LogP contribution in [0.2, 0.25) is 0 Å². The van der Waals surface area contributed by atoms with E-state index in [0.717, 1.165) is 10.5 Å². The highest BCUT2D eigenvalue weighted by Crippen LogP contribution is 2.28. The van der Waals surface area contributed by atoms with Crippen LogP contribution in [0, 0.1) is 9.39 Å². The van der Waals surface area contributed by atoms with Gasteiger partial charge in [-0.25, -0.2) is 14.1 Å². The van der Waals surface area contributed by atoms with E-state index >= 15 is 0 Å². The van der Waals surface area contributed by atoms with E-state index in [-0.39, 0.29) is 25.3 Å². The zero-order chi connectivity index (χ0) is 26.4. The molecule has 10 heteroatoms. The summed E-state index contributed by atoms with van der Waals surface area (Å²) in [5.41, 5.74) is 1.42. The smallest absolute Gasteiger partial charge is 0.325 e. The van der Waals surface area contributed by atoms with E-state index in [1.165, 1.54) is 12.1 Å². The molecule has 0 bridgehead atoms. The van der Waals surface area contributed by atoms with Gasteiger partial charge in [-0.1, -0.05) is 42.5 Å². The molecule has 8 nitrogen and oxygen atoms in total. The first-order chi connectivity index (χ1) is 17.9. The molecule has 0 radical (unpaired) electrons. The van der Waals surface area contributed by atoms with Gasteiger partial charge in [0.05, 0.1) is 12.3 Å². The lowest BCUT2D eigenvalue weighted by Crippen LogP contribution is -2.48. The molecule has 192 valence electrons. The normalized spacial score (nSPS) is 15.9. The predicted octanol–water partition coefficient (Wildman–Crippen LogP) is 4.03. The van der Waals surface area contributed by atoms with Crippen molar-refractivity contribution in [2.24, 2.45) is 0 Å². The SMILES string of the molecule is O=C(Nc1ccc(I)cc1F)[C@H](CCc1ccccc1)N1C(=O)N[C@H](c2ccc(OCCO)cc2)C1=O. The molecule has 37 heavy (non-hydrogen) atoms. The fourth-order valence-electron chi connectivity index (χ4n) is 4.07. The van der Waals surface area contributed by atoms with Crippen molar-refractivity contribution in [1.82, 2.24) is 10.2 Å². The molecule has 0 aliphatic carbocycles. The third-order valence-corrected chi connectivity index (χ3v) is 6.57. The fraction of sp³-hybridized carbons (Fsp3) is 0.222. The van der Waals surface area contributed by atoms with E-state index in [9.17, 15) is 18.8 Å². The van der Waals surface area contributed by atoms with Crippen LogP contribution in [0.25, 0.3) is 0 Å². The minimum Gasteiger partial charge on any atom is -0.491 e. The maximum absolute atomic E-state index is 14.4. The number of benzene rings is 3. The first-order valence-electron chi connectivity index (χ1n) is 11.6. The van der Waals surface area contributed by atoms with Crippen LogP contribution in [0.15, 0.2) is 72.8 Å². The summed E-state index contributed by atoms with van der Waals surface area (Å²) in [4.78, 5) is 40.7. The molecule has 0 unspecified atom stereocenters. The number of aliphatic hydroxyl groups is 1. The number of ether oxygens (including phenoxy) is 1. The number of amides is 4. The number of nitrogens with one attached hydrogen (secondary N) is 2. The van der Waals surface area contributed by atoms with Crippen molar-refractivity contribution in [2.75, 3.05) is 18.5 Å². The summed E-state index contributed by atoms with van der Waals surface area (Å²) in [6.45, 7) is -0.00197. The number of rotatable bonds is 10. The Kier molecular flexibility index (Phi) is 8.72. The molecule has 2 atom stereocenters. The Morgan fingerprint density at radius 2 is 1.84 bits per heavy atom. The summed E-state index contributed by atoms with van der Waals surface area (Å²) in [7, 11) is 0. The monoisotopic (exact) mass is 617 g/mol. The van der Waals surface area contributed by atoms with Crippen molar-refractivity contribution in [3.8, 4) is 5.75 Å². The zero-order valence-electron chi connectivity index (χ0n) is 19.7. The van der Waals surface area contributed by atoms with Gasteiger partial charge in [-0.15, -0.1) is 0 Å². The van der Waals surface area contributed by atoms with Gasteiger partial charge < -0.3 is 20.5 Å². The number of urea groups is 1. The number of halogens is 2. The Morgan fingerprint density at radius 1 is 1.11 bits per heavy atom. The maximum atomic E-state index is 14.4. The molecule has 0 aromatic heterocycles. The van der Waals surface area contributed by atoms with Crippen LogP contribution in [0.3, 0.4) is 0 Å². The number of carbonyl (C=O) groups excluding carboxylic acids is 3. The zero-order valence-corrected chi connectivity index (χ0v) is 21.9. The van der Waals surface area contributed by atoms with Crippen LogP contribution in [-0.2, 0) is 16.0 Å². The van der Waals surface area contributed by atoms with E-state index in [1.807, 2.05) is 52.9 Å². The second-order valence-electron chi connectivity index (χ2n) is 8.39. The number of imide groups is 1. The van der Waals surface area contributed by atoms with Crippen molar-refractivity contribution in [3.05, 3.63) is 93.3 Å². The van der Waals surface area contributed by atoms with Gasteiger partial charge in [0, 0.05) is 3.57 Å². The van der Waals surface area contributed by atoms with E-state index in [1.54, 1.807) is 30.3 Å². The van der Waals surface area contributed by atoms with E-state index < -0.39 is 35.7 Å². The van der Waals surface area contributed by atoms with Crippen molar-refractivity contribution in [2.45, 2.75) is 24.9 Å². The largest absolute Gasteiger partial charge is 0.491 e. The van der Waals surface area contributed by atoms with Gasteiger partial charge in [-0.05, 0) is 76.9 Å². The second kappa shape index (κ2) is 12.2. The van der Waals surface area contributed by atoms with Gasteiger partial charge in [0.25, 0.3) is 5.91 Å². The number of carbonyl (C=O) groups is 3. The number of nitrogens with zero attached hydrogens (tertiary/aromatic N) is 1. The molecule has 1 fully saturated rings. The third-order valence-electron chi connectivity index (χ3n) is 5.90. The van der Waals surface area contributed by atoms with E-state index in [2.05, 4.69) is 10.6 Å². The molecule has 0 saturated carbocycles. The first kappa shape index (κ1) is 26.6. The van der Waals surface area contributed by atoms with Crippen molar-refractivity contribution in [1.29, 1.82) is 0 Å². The van der Waals surface area contributed by atoms with Crippen LogP contribution in [0.5, 0.6) is 5.75 Å². The van der Waals surface area contributed by atoms with Gasteiger partial charge in [0.2, 0.25) is 5.91 Å². The highest BCUT2D eigenvalue weighted by molar-refractivity contribution is 14.1. The average Bonchev–Trinajstić information content (AvgIpc) is 3.19. The highest BCUT2D eigenvalue weighted by atomic mass is 127. The molecule has 4 amide bonds. The van der Waals surface area contributed by atoms with Gasteiger partial charge in [-0.2, -0.15) is 0 Å². The lowest BCUT2D eigenvalue weighted by molar-refractivity contribution is -0.134. The summed E-state index contributed by atoms with van der Waals surface area (Å²) >= 11 is 1.96. The summed E-state index contributed by atoms with van der Waals surface area (Å²) in [6.07, 6.45) is 0.578. The molecule has 1 saturated heterocycles. The molecule has 3 aromatic carbocycles. The molecule has 1 aliphatic heterocycles. The van der Waals surface area contributed by atoms with E-state index in [4.69, 9.17) is 9.84 Å². The molecular formula is C27H25FIN3O5. The minimum atomic E-state index is -1.16. The summed E-state index contributed by atoms with van der Waals surface area (Å²) in [5, 5.41) is 14.1. The Morgan fingerprint density at radius 3 is 2.51 bits per heavy atom. The van der Waals surface area contributed by atoms with E-state index in [0.29, 0.717) is 21.3 Å². The number of hydrogen-bond acceptors (Lipinski definition) is 5. The van der Waals surface area contributed by atoms with Crippen molar-refractivity contribution >= 4 is 46.1 Å². The van der Waals surface area contributed by atoms with Gasteiger partial charge in [0.1, 0.15) is 30.3 Å². The van der Waals surface area contributed by atoms with Gasteiger partial charge in [0.15, 0.2) is 0 Å². The average molecular weight is 617 g/mol. The van der Waals surface area contributed by atoms with Gasteiger partial charge in [-0.3, -0.25) is 9.59 Å². The molecule has 3 N–H and O–H groups in total. The number of aliphatic hydroxyl groups excluding tert-OH is 1. The van der Waals surface area contributed by atoms with Crippen LogP contribution in [0.1, 0.15) is 23.6 Å². The summed E-state index contributed by atoms with van der Waals surface area (Å²) < 4.78 is 20.5. The fourth-order valence-corrected chi connectivity index (χ4v) is 4.52. The minimum absolute atomic E-state index is 0.0304. The second-order valence-corrected chi connectivity index (χ2v) is 9.63. The molecule has 3 aromatic rings. The van der Waals surface area contributed by atoms with Crippen LogP contribution >= 0.6 is 22.6 Å². The topological polar surface area (TPSA) is 108 Å². The number of hydrogen-bond donors (Lipinski definition) is 3. The molecule has 1 aliphatic rings. The summed E-state index contributed by atoms with van der Waals surface area (Å²) in [5.74, 6) is -1.34. The maximum Gasteiger partial charge on any atom is 0.325 e. The lowest BCUT2D eigenvalue weighted by atomic mass is 10.0. The predicted molar refractivity (Wildman–Crippen MR) is 143 cm³/mol. The van der Waals surface area contributed by atoms with Crippen LogP contribution in [-0.4, -0.2) is 47.1 Å². The number of aryl methyl sites for hydroxylation is 1. The standard InChI is InChI=1S/C27H25FIN3O5/c28-21-16-19(29)9-12-22(21)30-25(34)23(13-6-17-4-2-1-3-5-17)32-26(35)24(31-27(32)36)18-7-10-20(11-8-18)37-15-14-33/h1-5,7-12,16,23-24,33H,6,13-15H2,(H,30,34)(H,31,36)/t23-,24+/m0/s1.